The Labute approximate surface area is 199 Å². The maximum atomic E-state index is 13.5. The zero-order valence-electron chi connectivity index (χ0n) is 19.3. The zero-order valence-corrected chi connectivity index (χ0v) is 19.3. The number of aromatic nitrogens is 4. The summed E-state index contributed by atoms with van der Waals surface area (Å²) in [7, 11) is 0. The number of anilines is 1. The second kappa shape index (κ2) is 10.3. The molecule has 1 aliphatic rings. The zero-order chi connectivity index (χ0) is 23.3. The highest BCUT2D eigenvalue weighted by molar-refractivity contribution is 5.77. The van der Waals surface area contributed by atoms with Crippen LogP contribution in [0.1, 0.15) is 43.5 Å². The van der Waals surface area contributed by atoms with Crippen LogP contribution in [0.15, 0.2) is 60.8 Å². The summed E-state index contributed by atoms with van der Waals surface area (Å²) in [6.45, 7) is 0.787. The van der Waals surface area contributed by atoms with E-state index in [0.717, 1.165) is 74.1 Å². The van der Waals surface area contributed by atoms with Gasteiger partial charge < -0.3 is 11.1 Å². The molecule has 5 rings (SSSR count). The van der Waals surface area contributed by atoms with E-state index in [9.17, 15) is 4.39 Å². The largest absolute Gasteiger partial charge is 0.353 e. The predicted molar refractivity (Wildman–Crippen MR) is 133 cm³/mol. The van der Waals surface area contributed by atoms with Crippen molar-refractivity contribution in [3.8, 4) is 11.3 Å². The molecule has 3 N–H and O–H groups in total. The lowest BCUT2D eigenvalue weighted by atomic mass is 9.84. The van der Waals surface area contributed by atoms with Gasteiger partial charge in [0.1, 0.15) is 17.2 Å². The summed E-state index contributed by atoms with van der Waals surface area (Å²) in [5.74, 6) is 1.80. The molecule has 34 heavy (non-hydrogen) atoms. The van der Waals surface area contributed by atoms with Gasteiger partial charge in [0, 0.05) is 24.6 Å². The Morgan fingerprint density at radius 1 is 1.00 bits per heavy atom. The molecule has 2 heterocycles. The Kier molecular flexibility index (Phi) is 6.81. The molecule has 0 spiro atoms. The van der Waals surface area contributed by atoms with E-state index < -0.39 is 0 Å². The van der Waals surface area contributed by atoms with Gasteiger partial charge in [-0.25, -0.2) is 18.9 Å². The van der Waals surface area contributed by atoms with Gasteiger partial charge in [-0.3, -0.25) is 0 Å². The number of benzene rings is 2. The highest BCUT2D eigenvalue weighted by Gasteiger charge is 2.23. The molecule has 0 radical (unpaired) electrons. The number of aryl methyl sites for hydroxylation is 1. The smallest absolute Gasteiger partial charge is 0.241 e. The van der Waals surface area contributed by atoms with Crippen LogP contribution >= 0.6 is 0 Å². The topological polar surface area (TPSA) is 81.1 Å². The summed E-state index contributed by atoms with van der Waals surface area (Å²) in [5.41, 5.74) is 9.93. The van der Waals surface area contributed by atoms with Gasteiger partial charge in [-0.1, -0.05) is 30.3 Å². The van der Waals surface area contributed by atoms with Crippen LogP contribution in [-0.2, 0) is 12.8 Å². The maximum Gasteiger partial charge on any atom is 0.241 e. The van der Waals surface area contributed by atoms with Crippen LogP contribution in [0.2, 0.25) is 0 Å². The molecule has 1 fully saturated rings. The van der Waals surface area contributed by atoms with Gasteiger partial charge in [0.15, 0.2) is 0 Å². The van der Waals surface area contributed by atoms with Crippen LogP contribution in [-0.4, -0.2) is 32.2 Å². The first-order chi connectivity index (χ1) is 16.7. The van der Waals surface area contributed by atoms with Gasteiger partial charge >= 0.3 is 0 Å². The van der Waals surface area contributed by atoms with Crippen molar-refractivity contribution in [1.29, 1.82) is 0 Å². The van der Waals surface area contributed by atoms with E-state index in [1.54, 1.807) is 12.1 Å². The van der Waals surface area contributed by atoms with Crippen LogP contribution in [0, 0.1) is 11.7 Å². The van der Waals surface area contributed by atoms with Crippen molar-refractivity contribution in [3.63, 3.8) is 0 Å². The molecule has 4 aromatic rings. The molecule has 2 aromatic carbocycles. The number of imidazole rings is 1. The minimum Gasteiger partial charge on any atom is -0.353 e. The Morgan fingerprint density at radius 2 is 1.76 bits per heavy atom. The Morgan fingerprint density at radius 3 is 2.53 bits per heavy atom. The van der Waals surface area contributed by atoms with Crippen molar-refractivity contribution in [1.82, 2.24) is 19.6 Å². The van der Waals surface area contributed by atoms with Gasteiger partial charge in [0.05, 0.1) is 11.9 Å². The van der Waals surface area contributed by atoms with Crippen LogP contribution in [0.4, 0.5) is 10.3 Å². The quantitative estimate of drug-likeness (QED) is 0.362. The lowest BCUT2D eigenvalue weighted by Gasteiger charge is -2.25. The molecule has 6 nitrogen and oxygen atoms in total. The minimum atomic E-state index is -0.260. The lowest BCUT2D eigenvalue weighted by Crippen LogP contribution is -2.27. The highest BCUT2D eigenvalue weighted by atomic mass is 19.1. The SMILES string of the molecule is NC1CCC(Cc2nc(-c3ccc(F)cc3)c3cnc(NCCCc4ccccc4)nn23)CC1. The van der Waals surface area contributed by atoms with E-state index in [-0.39, 0.29) is 5.82 Å². The number of hydrogen-bond donors (Lipinski definition) is 2. The number of nitrogens with two attached hydrogens (primary N) is 1. The maximum absolute atomic E-state index is 13.5. The van der Waals surface area contributed by atoms with Crippen molar-refractivity contribution in [3.05, 3.63) is 78.0 Å². The fourth-order valence-electron chi connectivity index (χ4n) is 4.76. The summed E-state index contributed by atoms with van der Waals surface area (Å²) in [5, 5.41) is 8.16. The lowest BCUT2D eigenvalue weighted by molar-refractivity contribution is 0.320. The summed E-state index contributed by atoms with van der Waals surface area (Å²) in [6, 6.07) is 17.2. The van der Waals surface area contributed by atoms with Gasteiger partial charge in [-0.2, -0.15) is 0 Å². The number of hydrogen-bond acceptors (Lipinski definition) is 5. The third kappa shape index (κ3) is 5.25. The molecule has 1 aliphatic carbocycles. The van der Waals surface area contributed by atoms with E-state index >= 15 is 0 Å². The summed E-state index contributed by atoms with van der Waals surface area (Å²) < 4.78 is 15.4. The molecule has 0 unspecified atom stereocenters. The second-order valence-electron chi connectivity index (χ2n) is 9.26. The normalized spacial score (nSPS) is 18.3. The van der Waals surface area contributed by atoms with E-state index in [1.165, 1.54) is 17.7 Å². The molecule has 0 saturated heterocycles. The first-order valence-corrected chi connectivity index (χ1v) is 12.2. The van der Waals surface area contributed by atoms with E-state index in [0.29, 0.717) is 17.9 Å². The Balaban J connectivity index is 1.37. The third-order valence-electron chi connectivity index (χ3n) is 6.71. The van der Waals surface area contributed by atoms with Crippen LogP contribution < -0.4 is 11.1 Å². The fraction of sp³-hybridized carbons (Fsp3) is 0.370. The molecule has 0 bridgehead atoms. The number of fused-ring (bicyclic) bond motifs is 1. The molecular formula is C27H31FN6. The summed E-state index contributed by atoms with van der Waals surface area (Å²) in [4.78, 5) is 9.51. The summed E-state index contributed by atoms with van der Waals surface area (Å²) in [6.07, 6.45) is 8.99. The van der Waals surface area contributed by atoms with Crippen molar-refractivity contribution in [2.45, 2.75) is 51.0 Å². The predicted octanol–water partition coefficient (Wildman–Crippen LogP) is 5.04. The van der Waals surface area contributed by atoms with E-state index in [4.69, 9.17) is 15.8 Å². The molecule has 0 atom stereocenters. The van der Waals surface area contributed by atoms with E-state index in [2.05, 4.69) is 34.6 Å². The number of rotatable bonds is 8. The van der Waals surface area contributed by atoms with Gasteiger partial charge in [-0.15, -0.1) is 5.10 Å². The molecule has 0 aliphatic heterocycles. The van der Waals surface area contributed by atoms with Gasteiger partial charge in [0.2, 0.25) is 5.95 Å². The van der Waals surface area contributed by atoms with Crippen molar-refractivity contribution >= 4 is 11.5 Å². The number of nitrogens with zero attached hydrogens (tertiary/aromatic N) is 4. The van der Waals surface area contributed by atoms with Crippen LogP contribution in [0.3, 0.4) is 0 Å². The Bertz CT molecular complexity index is 1210. The molecule has 176 valence electrons. The molecule has 2 aromatic heterocycles. The van der Waals surface area contributed by atoms with Gasteiger partial charge in [-0.05, 0) is 74.3 Å². The molecule has 7 heteroatoms. The second-order valence-corrected chi connectivity index (χ2v) is 9.26. The first-order valence-electron chi connectivity index (χ1n) is 12.2. The fourth-order valence-corrected chi connectivity index (χ4v) is 4.76. The van der Waals surface area contributed by atoms with Crippen molar-refractivity contribution in [2.24, 2.45) is 11.7 Å². The number of halogens is 1. The molecular weight excluding hydrogens is 427 g/mol. The van der Waals surface area contributed by atoms with Crippen molar-refractivity contribution in [2.75, 3.05) is 11.9 Å². The standard InChI is InChI=1S/C27H31FN6/c28-22-12-10-21(11-13-22)26-24-18-31-27(30-16-4-7-19-5-2-1-3-6-19)33-34(24)25(32-26)17-20-8-14-23(29)15-9-20/h1-3,5-6,10-13,18,20,23H,4,7-9,14-17,29H2,(H,30,33). The van der Waals surface area contributed by atoms with Crippen molar-refractivity contribution < 1.29 is 4.39 Å². The van der Waals surface area contributed by atoms with E-state index in [1.807, 2.05) is 16.8 Å². The highest BCUT2D eigenvalue weighted by Crippen LogP contribution is 2.30. The first kappa shape index (κ1) is 22.5. The molecule has 0 amide bonds. The van der Waals surface area contributed by atoms with Crippen LogP contribution in [0.5, 0.6) is 0 Å². The minimum absolute atomic E-state index is 0.260. The average Bonchev–Trinajstić information content (AvgIpc) is 3.22. The average molecular weight is 459 g/mol. The van der Waals surface area contributed by atoms with Gasteiger partial charge in [0.25, 0.3) is 0 Å². The number of nitrogens with one attached hydrogen (secondary N) is 1. The Hall–Kier alpha value is -3.32. The third-order valence-corrected chi connectivity index (χ3v) is 6.71. The monoisotopic (exact) mass is 458 g/mol. The van der Waals surface area contributed by atoms with Crippen LogP contribution in [0.25, 0.3) is 16.8 Å². The molecule has 1 saturated carbocycles. The summed E-state index contributed by atoms with van der Waals surface area (Å²) >= 11 is 0.